The number of guanidine groups is 1. The van der Waals surface area contributed by atoms with Gasteiger partial charge in [0.1, 0.15) is 17.2 Å². The Morgan fingerprint density at radius 1 is 1.24 bits per heavy atom. The van der Waals surface area contributed by atoms with Crippen molar-refractivity contribution in [2.45, 2.75) is 26.4 Å². The number of benzene rings is 1. The lowest BCUT2D eigenvalue weighted by Gasteiger charge is -2.19. The maximum absolute atomic E-state index is 13.6. The summed E-state index contributed by atoms with van der Waals surface area (Å²) in [5, 5.41) is 19.3. The molecule has 160 valence electrons. The summed E-state index contributed by atoms with van der Waals surface area (Å²) in [6.07, 6.45) is 1.50. The first-order valence-corrected chi connectivity index (χ1v) is 9.16. The second-order valence-corrected chi connectivity index (χ2v) is 6.59. The van der Waals surface area contributed by atoms with Crippen molar-refractivity contribution in [3.05, 3.63) is 59.3 Å². The van der Waals surface area contributed by atoms with Crippen LogP contribution in [-0.4, -0.2) is 43.2 Å². The van der Waals surface area contributed by atoms with E-state index in [-0.39, 0.29) is 42.0 Å². The van der Waals surface area contributed by atoms with Crippen LogP contribution in [0.2, 0.25) is 0 Å². The van der Waals surface area contributed by atoms with Crippen molar-refractivity contribution in [1.29, 1.82) is 0 Å². The highest BCUT2D eigenvalue weighted by atomic mass is 127. The van der Waals surface area contributed by atoms with Crippen molar-refractivity contribution in [2.75, 3.05) is 26.2 Å². The van der Waals surface area contributed by atoms with E-state index in [9.17, 15) is 14.3 Å². The van der Waals surface area contributed by atoms with E-state index < -0.39 is 11.4 Å². The third-order valence-electron chi connectivity index (χ3n) is 4.08. The van der Waals surface area contributed by atoms with Crippen LogP contribution < -0.4 is 16.0 Å². The predicted octanol–water partition coefficient (Wildman–Crippen LogP) is 2.54. The van der Waals surface area contributed by atoms with Crippen LogP contribution in [0, 0.1) is 12.7 Å². The highest BCUT2D eigenvalue weighted by molar-refractivity contribution is 14.0. The zero-order valence-corrected chi connectivity index (χ0v) is 19.1. The molecule has 4 N–H and O–H groups in total. The summed E-state index contributed by atoms with van der Waals surface area (Å²) in [6, 6.07) is 7.78. The van der Waals surface area contributed by atoms with Crippen LogP contribution in [0.4, 0.5) is 4.39 Å². The zero-order valence-electron chi connectivity index (χ0n) is 16.8. The number of aliphatic hydroxyl groups is 1. The van der Waals surface area contributed by atoms with Crippen molar-refractivity contribution < 1.29 is 18.7 Å². The summed E-state index contributed by atoms with van der Waals surface area (Å²) in [5.41, 5.74) is -0.455. The van der Waals surface area contributed by atoms with E-state index in [4.69, 9.17) is 4.42 Å². The van der Waals surface area contributed by atoms with Crippen LogP contribution in [0.25, 0.3) is 0 Å². The molecule has 0 radical (unpaired) electrons. The van der Waals surface area contributed by atoms with Crippen molar-refractivity contribution in [1.82, 2.24) is 16.0 Å². The van der Waals surface area contributed by atoms with Gasteiger partial charge in [0.25, 0.3) is 5.91 Å². The van der Waals surface area contributed by atoms with Crippen molar-refractivity contribution >= 4 is 35.8 Å². The van der Waals surface area contributed by atoms with E-state index >= 15 is 0 Å². The molecule has 1 aromatic heterocycles. The number of aryl methyl sites for hydroxylation is 1. The SMILES string of the molecule is CCNC(=NCC(C)(O)c1ccco1)NCCNC(=O)c1ccc(C)c(F)c1.I. The smallest absolute Gasteiger partial charge is 0.251 e. The summed E-state index contributed by atoms with van der Waals surface area (Å²) in [4.78, 5) is 16.4. The summed E-state index contributed by atoms with van der Waals surface area (Å²) in [7, 11) is 0. The third kappa shape index (κ3) is 7.65. The minimum atomic E-state index is -1.23. The number of nitrogens with one attached hydrogen (secondary N) is 3. The number of nitrogens with zero attached hydrogens (tertiary/aromatic N) is 1. The molecule has 0 aliphatic carbocycles. The molecule has 9 heteroatoms. The molecule has 0 fully saturated rings. The number of furan rings is 1. The Morgan fingerprint density at radius 2 is 1.97 bits per heavy atom. The molecule has 0 aliphatic rings. The molecule has 1 heterocycles. The number of hydrogen-bond acceptors (Lipinski definition) is 4. The van der Waals surface area contributed by atoms with Crippen LogP contribution >= 0.6 is 24.0 Å². The lowest BCUT2D eigenvalue weighted by Crippen LogP contribution is -2.42. The van der Waals surface area contributed by atoms with Crippen molar-refractivity contribution in [3.63, 3.8) is 0 Å². The molecule has 7 nitrogen and oxygen atoms in total. The molecule has 1 aromatic carbocycles. The summed E-state index contributed by atoms with van der Waals surface area (Å²) in [6.45, 7) is 6.68. The van der Waals surface area contributed by atoms with Crippen LogP contribution in [0.1, 0.15) is 35.5 Å². The molecule has 1 amide bonds. The molecule has 0 aliphatic heterocycles. The molecule has 0 saturated heterocycles. The molecule has 2 rings (SSSR count). The quantitative estimate of drug-likeness (QED) is 0.186. The van der Waals surface area contributed by atoms with E-state index in [1.54, 1.807) is 38.1 Å². The first-order valence-electron chi connectivity index (χ1n) is 9.16. The van der Waals surface area contributed by atoms with E-state index in [1.165, 1.54) is 12.3 Å². The summed E-state index contributed by atoms with van der Waals surface area (Å²) < 4.78 is 18.8. The van der Waals surface area contributed by atoms with E-state index in [2.05, 4.69) is 20.9 Å². The zero-order chi connectivity index (χ0) is 20.6. The van der Waals surface area contributed by atoms with Gasteiger partial charge in [-0.3, -0.25) is 4.79 Å². The Hall–Kier alpha value is -2.14. The number of carbonyl (C=O) groups excluding carboxylic acids is 1. The number of carbonyl (C=O) groups is 1. The van der Waals surface area contributed by atoms with Gasteiger partial charge in [0.05, 0.1) is 12.8 Å². The van der Waals surface area contributed by atoms with Gasteiger partial charge >= 0.3 is 0 Å². The molecule has 2 aromatic rings. The molecule has 0 bridgehead atoms. The van der Waals surface area contributed by atoms with Crippen molar-refractivity contribution in [3.8, 4) is 0 Å². The molecule has 0 spiro atoms. The largest absolute Gasteiger partial charge is 0.466 e. The fraction of sp³-hybridized carbons (Fsp3) is 0.400. The highest BCUT2D eigenvalue weighted by Crippen LogP contribution is 2.20. The molecular weight excluding hydrogens is 490 g/mol. The van der Waals surface area contributed by atoms with Crippen molar-refractivity contribution in [2.24, 2.45) is 4.99 Å². The average Bonchev–Trinajstić information content (AvgIpc) is 3.21. The standard InChI is InChI=1S/C20H27FN4O3.HI/c1-4-22-19(25-13-20(3,27)17-6-5-11-28-17)24-10-9-23-18(26)15-8-7-14(2)16(21)12-15;/h5-8,11-12,27H,4,9-10,13H2,1-3H3,(H,23,26)(H2,22,24,25);1H. The Labute approximate surface area is 187 Å². The normalized spacial score (nSPS) is 13.2. The number of aliphatic imine (C=N–C) groups is 1. The molecule has 1 atom stereocenters. The first kappa shape index (κ1) is 24.9. The first-order chi connectivity index (χ1) is 13.3. The second-order valence-electron chi connectivity index (χ2n) is 6.59. The van der Waals surface area contributed by atoms with Gasteiger partial charge in [-0.15, -0.1) is 24.0 Å². The number of halogens is 2. The van der Waals surface area contributed by atoms with Gasteiger partial charge in [-0.1, -0.05) is 6.07 Å². The van der Waals surface area contributed by atoms with Gasteiger partial charge in [-0.25, -0.2) is 9.38 Å². The van der Waals surface area contributed by atoms with E-state index in [0.29, 0.717) is 36.9 Å². The lowest BCUT2D eigenvalue weighted by molar-refractivity contribution is 0.0437. The van der Waals surface area contributed by atoms with E-state index in [0.717, 1.165) is 0 Å². The van der Waals surface area contributed by atoms with Gasteiger partial charge in [-0.05, 0) is 50.6 Å². The Balaban J connectivity index is 0.00000420. The van der Waals surface area contributed by atoms with Crippen LogP contribution in [0.5, 0.6) is 0 Å². The Bertz CT molecular complexity index is 810. The maximum Gasteiger partial charge on any atom is 0.251 e. The predicted molar refractivity (Wildman–Crippen MR) is 121 cm³/mol. The van der Waals surface area contributed by atoms with Gasteiger partial charge in [-0.2, -0.15) is 0 Å². The molecule has 1 unspecified atom stereocenters. The molecule has 29 heavy (non-hydrogen) atoms. The van der Waals surface area contributed by atoms with Gasteiger partial charge in [0.15, 0.2) is 5.96 Å². The van der Waals surface area contributed by atoms with Gasteiger partial charge in [0.2, 0.25) is 0 Å². The topological polar surface area (TPSA) is 98.9 Å². The van der Waals surface area contributed by atoms with Crippen LogP contribution in [0.15, 0.2) is 46.0 Å². The Morgan fingerprint density at radius 3 is 2.59 bits per heavy atom. The average molecular weight is 518 g/mol. The highest BCUT2D eigenvalue weighted by Gasteiger charge is 2.26. The molecular formula is C20H28FIN4O3. The minimum Gasteiger partial charge on any atom is -0.466 e. The maximum atomic E-state index is 13.6. The lowest BCUT2D eigenvalue weighted by atomic mass is 10.0. The van der Waals surface area contributed by atoms with Gasteiger partial charge < -0.3 is 25.5 Å². The fourth-order valence-electron chi connectivity index (χ4n) is 2.43. The third-order valence-corrected chi connectivity index (χ3v) is 4.08. The second kappa shape index (κ2) is 11.8. The molecule has 0 saturated carbocycles. The number of rotatable bonds is 8. The number of amides is 1. The Kier molecular flexibility index (Phi) is 10.1. The van der Waals surface area contributed by atoms with Crippen LogP contribution in [-0.2, 0) is 5.60 Å². The summed E-state index contributed by atoms with van der Waals surface area (Å²) >= 11 is 0. The monoisotopic (exact) mass is 518 g/mol. The fourth-order valence-corrected chi connectivity index (χ4v) is 2.43. The van der Waals surface area contributed by atoms with Crippen LogP contribution in [0.3, 0.4) is 0 Å². The van der Waals surface area contributed by atoms with E-state index in [1.807, 2.05) is 6.92 Å². The number of hydrogen-bond donors (Lipinski definition) is 4. The minimum absolute atomic E-state index is 0. The summed E-state index contributed by atoms with van der Waals surface area (Å²) in [5.74, 6) is 0.189. The van der Waals surface area contributed by atoms with Gasteiger partial charge in [0, 0.05) is 25.2 Å².